The first-order chi connectivity index (χ1) is 20.3. The first-order valence-electron chi connectivity index (χ1n) is 13.6. The standard InChI is InChI=1S/C32H31N3O6S/c1-19(33-32(39)41-17-26-24-14-8-6-12-22(24)23-13-7-9-15-25(23)26)30-34-27(18-42-30)29(36)35-28(31(37)38)20(2)40-16-21-10-4-3-5-11-21/h3-15,18-20,26,28H,16-17H2,1-2H3,(H,33,39)(H,35,36)(H,37,38)/t19?,20-,28+/m1/s1. The number of hydrogen-bond acceptors (Lipinski definition) is 7. The van der Waals surface area contributed by atoms with Crippen molar-refractivity contribution in [3.63, 3.8) is 0 Å². The van der Waals surface area contributed by atoms with Crippen LogP contribution in [-0.4, -0.2) is 46.8 Å². The highest BCUT2D eigenvalue weighted by molar-refractivity contribution is 7.09. The number of amides is 2. The maximum Gasteiger partial charge on any atom is 0.407 e. The normalized spacial score (nSPS) is 14.2. The van der Waals surface area contributed by atoms with E-state index in [0.29, 0.717) is 5.01 Å². The smallest absolute Gasteiger partial charge is 0.407 e. The molecular formula is C32H31N3O6S. The topological polar surface area (TPSA) is 127 Å². The van der Waals surface area contributed by atoms with Crippen molar-refractivity contribution in [3.05, 3.63) is 112 Å². The molecule has 3 atom stereocenters. The van der Waals surface area contributed by atoms with Crippen molar-refractivity contribution in [3.8, 4) is 11.1 Å². The molecule has 0 spiro atoms. The zero-order valence-electron chi connectivity index (χ0n) is 23.2. The number of carbonyl (C=O) groups is 3. The van der Waals surface area contributed by atoms with Gasteiger partial charge in [0, 0.05) is 11.3 Å². The average Bonchev–Trinajstić information content (AvgIpc) is 3.62. The van der Waals surface area contributed by atoms with Crippen LogP contribution in [-0.2, 0) is 20.9 Å². The third-order valence-electron chi connectivity index (χ3n) is 7.18. The Bertz CT molecular complexity index is 1530. The van der Waals surface area contributed by atoms with Gasteiger partial charge in [-0.3, -0.25) is 4.79 Å². The zero-order chi connectivity index (χ0) is 29.6. The Morgan fingerprint density at radius 1 is 0.905 bits per heavy atom. The number of nitrogens with one attached hydrogen (secondary N) is 2. The molecule has 1 aromatic heterocycles. The summed E-state index contributed by atoms with van der Waals surface area (Å²) in [6.45, 7) is 3.72. The van der Waals surface area contributed by atoms with E-state index in [2.05, 4.69) is 39.9 Å². The van der Waals surface area contributed by atoms with Crippen LogP contribution in [0.3, 0.4) is 0 Å². The van der Waals surface area contributed by atoms with E-state index in [1.54, 1.807) is 13.8 Å². The second-order valence-corrected chi connectivity index (χ2v) is 10.9. The molecule has 0 saturated carbocycles. The minimum atomic E-state index is -1.28. The van der Waals surface area contributed by atoms with Gasteiger partial charge in [-0.05, 0) is 41.7 Å². The van der Waals surface area contributed by atoms with Crippen LogP contribution in [0, 0.1) is 0 Å². The number of fused-ring (bicyclic) bond motifs is 3. The minimum Gasteiger partial charge on any atom is -0.480 e. The van der Waals surface area contributed by atoms with Gasteiger partial charge in [0.05, 0.1) is 18.8 Å². The first-order valence-corrected chi connectivity index (χ1v) is 14.5. The summed E-state index contributed by atoms with van der Waals surface area (Å²) in [6, 6.07) is 23.7. The Balaban J connectivity index is 1.15. The highest BCUT2D eigenvalue weighted by Crippen LogP contribution is 2.44. The Hall–Kier alpha value is -4.54. The van der Waals surface area contributed by atoms with Crippen LogP contribution in [0.4, 0.5) is 4.79 Å². The van der Waals surface area contributed by atoms with E-state index in [1.807, 2.05) is 54.6 Å². The molecule has 10 heteroatoms. The number of hydrogen-bond donors (Lipinski definition) is 3. The lowest BCUT2D eigenvalue weighted by atomic mass is 9.98. The largest absolute Gasteiger partial charge is 0.480 e. The third-order valence-corrected chi connectivity index (χ3v) is 8.21. The van der Waals surface area contributed by atoms with E-state index in [1.165, 1.54) is 16.7 Å². The second-order valence-electron chi connectivity index (χ2n) is 10.1. The number of carbonyl (C=O) groups excluding carboxylic acids is 2. The second kappa shape index (κ2) is 13.0. The maximum absolute atomic E-state index is 12.8. The Morgan fingerprint density at radius 3 is 2.17 bits per heavy atom. The summed E-state index contributed by atoms with van der Waals surface area (Å²) in [4.78, 5) is 41.7. The van der Waals surface area contributed by atoms with Gasteiger partial charge in [-0.2, -0.15) is 0 Å². The molecule has 3 aromatic carbocycles. The number of nitrogens with zero attached hydrogens (tertiary/aromatic N) is 1. The molecule has 42 heavy (non-hydrogen) atoms. The van der Waals surface area contributed by atoms with Crippen molar-refractivity contribution in [2.24, 2.45) is 0 Å². The number of aromatic nitrogens is 1. The number of benzene rings is 3. The molecule has 0 fully saturated rings. The monoisotopic (exact) mass is 585 g/mol. The molecular weight excluding hydrogens is 554 g/mol. The average molecular weight is 586 g/mol. The quantitative estimate of drug-likeness (QED) is 0.211. The van der Waals surface area contributed by atoms with Crippen LogP contribution in [0.2, 0.25) is 0 Å². The summed E-state index contributed by atoms with van der Waals surface area (Å²) in [5.74, 6) is -1.92. The lowest BCUT2D eigenvalue weighted by Gasteiger charge is -2.21. The summed E-state index contributed by atoms with van der Waals surface area (Å²) in [5, 5.41) is 17.0. The minimum absolute atomic E-state index is 0.0534. The fraction of sp³-hybridized carbons (Fsp3) is 0.250. The molecule has 0 bridgehead atoms. The van der Waals surface area contributed by atoms with Crippen LogP contribution in [0.25, 0.3) is 11.1 Å². The van der Waals surface area contributed by atoms with Crippen LogP contribution in [0.5, 0.6) is 0 Å². The number of thiazole rings is 1. The first kappa shape index (κ1) is 29.0. The molecule has 1 aliphatic rings. The van der Waals surface area contributed by atoms with Gasteiger partial charge in [-0.1, -0.05) is 78.9 Å². The number of carboxylic acid groups (broad SMARTS) is 1. The van der Waals surface area contributed by atoms with E-state index >= 15 is 0 Å². The molecule has 1 heterocycles. The maximum atomic E-state index is 12.8. The lowest BCUT2D eigenvalue weighted by molar-refractivity contribution is -0.143. The number of alkyl carbamates (subject to hydrolysis) is 1. The fourth-order valence-electron chi connectivity index (χ4n) is 4.96. The van der Waals surface area contributed by atoms with Crippen molar-refractivity contribution in [2.75, 3.05) is 6.61 Å². The zero-order valence-corrected chi connectivity index (χ0v) is 24.0. The van der Waals surface area contributed by atoms with Crippen LogP contribution >= 0.6 is 11.3 Å². The predicted molar refractivity (Wildman–Crippen MR) is 158 cm³/mol. The number of carboxylic acids is 1. The number of rotatable bonds is 11. The Labute approximate surface area is 247 Å². The lowest BCUT2D eigenvalue weighted by Crippen LogP contribution is -2.48. The summed E-state index contributed by atoms with van der Waals surface area (Å²) >= 11 is 1.18. The summed E-state index contributed by atoms with van der Waals surface area (Å²) < 4.78 is 11.3. The summed E-state index contributed by atoms with van der Waals surface area (Å²) in [5.41, 5.74) is 5.47. The van der Waals surface area contributed by atoms with Crippen LogP contribution in [0.15, 0.2) is 84.2 Å². The highest BCUT2D eigenvalue weighted by atomic mass is 32.1. The van der Waals surface area contributed by atoms with Crippen molar-refractivity contribution >= 4 is 29.3 Å². The summed E-state index contributed by atoms with van der Waals surface area (Å²) in [6.07, 6.45) is -1.39. The highest BCUT2D eigenvalue weighted by Gasteiger charge is 2.30. The molecule has 1 unspecified atom stereocenters. The molecule has 216 valence electrons. The Kier molecular flexibility index (Phi) is 8.94. The molecule has 4 aromatic rings. The van der Waals surface area contributed by atoms with Crippen LogP contribution < -0.4 is 10.6 Å². The van der Waals surface area contributed by atoms with Gasteiger partial charge in [-0.15, -0.1) is 11.3 Å². The molecule has 3 N–H and O–H groups in total. The predicted octanol–water partition coefficient (Wildman–Crippen LogP) is 5.53. The van der Waals surface area contributed by atoms with Gasteiger partial charge in [0.15, 0.2) is 6.04 Å². The van der Waals surface area contributed by atoms with E-state index in [0.717, 1.165) is 27.8 Å². The fourth-order valence-corrected chi connectivity index (χ4v) is 5.77. The van der Waals surface area contributed by atoms with Crippen molar-refractivity contribution in [1.29, 1.82) is 0 Å². The Morgan fingerprint density at radius 2 is 1.52 bits per heavy atom. The van der Waals surface area contributed by atoms with Crippen LogP contribution in [0.1, 0.15) is 58.0 Å². The van der Waals surface area contributed by atoms with Gasteiger partial charge in [0.2, 0.25) is 0 Å². The molecule has 0 saturated heterocycles. The van der Waals surface area contributed by atoms with Gasteiger partial charge in [0.25, 0.3) is 5.91 Å². The number of ether oxygens (including phenoxy) is 2. The van der Waals surface area contributed by atoms with E-state index in [4.69, 9.17) is 9.47 Å². The summed E-state index contributed by atoms with van der Waals surface area (Å²) in [7, 11) is 0. The van der Waals surface area contributed by atoms with E-state index in [9.17, 15) is 19.5 Å². The molecule has 9 nitrogen and oxygen atoms in total. The number of aliphatic carboxylic acids is 1. The van der Waals surface area contributed by atoms with E-state index in [-0.39, 0.29) is 24.8 Å². The SMILES string of the molecule is CC(NC(=O)OCC1c2ccccc2-c2ccccc21)c1nc(C(=O)N[C@H](C(=O)O)[C@@H](C)OCc2ccccc2)cs1. The molecule has 0 radical (unpaired) electrons. The molecule has 0 aliphatic heterocycles. The third kappa shape index (κ3) is 6.50. The molecule has 1 aliphatic carbocycles. The molecule has 2 amide bonds. The van der Waals surface area contributed by atoms with Crippen molar-refractivity contribution in [1.82, 2.24) is 15.6 Å². The van der Waals surface area contributed by atoms with Crippen molar-refractivity contribution in [2.45, 2.75) is 44.6 Å². The van der Waals surface area contributed by atoms with Gasteiger partial charge in [-0.25, -0.2) is 14.6 Å². The van der Waals surface area contributed by atoms with Crippen molar-refractivity contribution < 1.29 is 29.0 Å². The van der Waals surface area contributed by atoms with Gasteiger partial charge in [0.1, 0.15) is 17.3 Å². The van der Waals surface area contributed by atoms with E-state index < -0.39 is 36.2 Å². The van der Waals surface area contributed by atoms with Gasteiger partial charge >= 0.3 is 12.1 Å². The van der Waals surface area contributed by atoms with Gasteiger partial charge < -0.3 is 25.2 Å². The molecule has 5 rings (SSSR count).